The van der Waals surface area contributed by atoms with Crippen LogP contribution in [0, 0.1) is 0 Å². The van der Waals surface area contributed by atoms with E-state index in [1.807, 2.05) is 12.1 Å². The summed E-state index contributed by atoms with van der Waals surface area (Å²) < 4.78 is 10.6. The van der Waals surface area contributed by atoms with Crippen LogP contribution in [0.2, 0.25) is 0 Å². The Morgan fingerprint density at radius 1 is 1.05 bits per heavy atom. The highest BCUT2D eigenvalue weighted by Crippen LogP contribution is 2.12. The molecule has 0 radical (unpaired) electrons. The average Bonchev–Trinajstić information content (AvgIpc) is 2.37. The van der Waals surface area contributed by atoms with Gasteiger partial charge in [0.25, 0.3) is 0 Å². The molecule has 0 saturated carbocycles. The molecule has 0 aromatic heterocycles. The maximum absolute atomic E-state index is 8.55. The van der Waals surface area contributed by atoms with Crippen LogP contribution in [-0.4, -0.2) is 37.1 Å². The molecule has 1 aromatic rings. The fourth-order valence-corrected chi connectivity index (χ4v) is 1.46. The number of hydrogen-bond acceptors (Lipinski definition) is 4. The lowest BCUT2D eigenvalue weighted by Gasteiger charge is -2.20. The molecule has 0 fully saturated rings. The van der Waals surface area contributed by atoms with E-state index < -0.39 is 0 Å². The molecular weight excluding hydrogens is 242 g/mol. The molecule has 0 heterocycles. The molecule has 4 nitrogen and oxygen atoms in total. The predicted molar refractivity (Wildman–Crippen MR) is 76.4 cm³/mol. The number of aliphatic hydroxyl groups is 1. The first kappa shape index (κ1) is 16.0. The molecule has 0 atom stereocenters. The molecule has 108 valence electrons. The summed E-state index contributed by atoms with van der Waals surface area (Å²) in [4.78, 5) is 0. The molecule has 0 aliphatic heterocycles. The molecule has 4 heteroatoms. The molecule has 1 rings (SSSR count). The van der Waals surface area contributed by atoms with Crippen molar-refractivity contribution < 1.29 is 14.6 Å². The minimum Gasteiger partial charge on any atom is -0.491 e. The van der Waals surface area contributed by atoms with Crippen LogP contribution in [0.5, 0.6) is 5.75 Å². The second kappa shape index (κ2) is 8.15. The van der Waals surface area contributed by atoms with E-state index in [4.69, 9.17) is 14.6 Å². The van der Waals surface area contributed by atoms with E-state index in [0.717, 1.165) is 12.3 Å². The quantitative estimate of drug-likeness (QED) is 0.707. The number of rotatable bonds is 8. The van der Waals surface area contributed by atoms with Crippen molar-refractivity contribution in [2.75, 3.05) is 26.4 Å². The van der Waals surface area contributed by atoms with Gasteiger partial charge >= 0.3 is 0 Å². The van der Waals surface area contributed by atoms with Crippen LogP contribution in [0.3, 0.4) is 0 Å². The van der Waals surface area contributed by atoms with E-state index in [9.17, 15) is 0 Å². The molecule has 0 saturated heterocycles. The third kappa shape index (κ3) is 7.82. The molecule has 0 spiro atoms. The Hall–Kier alpha value is -1.10. The lowest BCUT2D eigenvalue weighted by molar-refractivity contribution is 0.0705. The van der Waals surface area contributed by atoms with E-state index in [1.165, 1.54) is 5.56 Å². The standard InChI is InChI=1S/C15H25NO3/c1-15(2,3)16-12-13-4-6-14(7-5-13)19-11-10-18-9-8-17/h4-7,16-17H,8-12H2,1-3H3. The van der Waals surface area contributed by atoms with Crippen LogP contribution in [0.4, 0.5) is 0 Å². The minimum atomic E-state index is 0.0511. The van der Waals surface area contributed by atoms with Gasteiger partial charge in [0, 0.05) is 12.1 Å². The topological polar surface area (TPSA) is 50.7 Å². The van der Waals surface area contributed by atoms with E-state index in [-0.39, 0.29) is 12.1 Å². The summed E-state index contributed by atoms with van der Waals surface area (Å²) in [6, 6.07) is 8.04. The maximum Gasteiger partial charge on any atom is 0.119 e. The number of nitrogens with one attached hydrogen (secondary N) is 1. The van der Waals surface area contributed by atoms with Gasteiger partial charge in [-0.1, -0.05) is 12.1 Å². The molecule has 0 unspecified atom stereocenters. The summed E-state index contributed by atoms with van der Waals surface area (Å²) in [7, 11) is 0. The zero-order chi connectivity index (χ0) is 14.1. The Labute approximate surface area is 115 Å². The summed E-state index contributed by atoms with van der Waals surface area (Å²) in [5.74, 6) is 0.840. The van der Waals surface area contributed by atoms with Gasteiger partial charge in [0.05, 0.1) is 19.8 Å². The van der Waals surface area contributed by atoms with Gasteiger partial charge in [-0.3, -0.25) is 0 Å². The predicted octanol–water partition coefficient (Wildman–Crippen LogP) is 1.96. The van der Waals surface area contributed by atoms with E-state index in [1.54, 1.807) is 0 Å². The maximum atomic E-state index is 8.55. The Morgan fingerprint density at radius 3 is 2.32 bits per heavy atom. The molecular formula is C15H25NO3. The summed E-state index contributed by atoms with van der Waals surface area (Å²) >= 11 is 0. The summed E-state index contributed by atoms with van der Waals surface area (Å²) in [6.07, 6.45) is 0. The fraction of sp³-hybridized carbons (Fsp3) is 0.600. The molecule has 0 aliphatic rings. The molecule has 0 amide bonds. The molecule has 2 N–H and O–H groups in total. The van der Waals surface area contributed by atoms with Crippen molar-refractivity contribution in [3.8, 4) is 5.75 Å². The molecule has 0 bridgehead atoms. The first-order valence-electron chi connectivity index (χ1n) is 6.66. The Morgan fingerprint density at radius 2 is 1.74 bits per heavy atom. The highest BCUT2D eigenvalue weighted by molar-refractivity contribution is 5.27. The fourth-order valence-electron chi connectivity index (χ4n) is 1.46. The molecule has 0 aliphatic carbocycles. The summed E-state index contributed by atoms with van der Waals surface area (Å²) in [6.45, 7) is 8.71. The zero-order valence-electron chi connectivity index (χ0n) is 12.1. The Bertz CT molecular complexity index is 343. The summed E-state index contributed by atoms with van der Waals surface area (Å²) in [5, 5.41) is 12.0. The first-order valence-corrected chi connectivity index (χ1v) is 6.66. The highest BCUT2D eigenvalue weighted by Gasteiger charge is 2.08. The van der Waals surface area contributed by atoms with Crippen LogP contribution in [0.25, 0.3) is 0 Å². The van der Waals surface area contributed by atoms with Crippen molar-refractivity contribution in [1.29, 1.82) is 0 Å². The van der Waals surface area contributed by atoms with Crippen LogP contribution >= 0.6 is 0 Å². The normalized spacial score (nSPS) is 11.6. The molecule has 19 heavy (non-hydrogen) atoms. The highest BCUT2D eigenvalue weighted by atomic mass is 16.5. The third-order valence-corrected chi connectivity index (χ3v) is 2.48. The van der Waals surface area contributed by atoms with Crippen molar-refractivity contribution >= 4 is 0 Å². The Kier molecular flexibility index (Phi) is 6.84. The number of benzene rings is 1. The minimum absolute atomic E-state index is 0.0511. The van der Waals surface area contributed by atoms with Crippen LogP contribution in [-0.2, 0) is 11.3 Å². The largest absolute Gasteiger partial charge is 0.491 e. The van der Waals surface area contributed by atoms with Gasteiger partial charge in [-0.25, -0.2) is 0 Å². The summed E-state index contributed by atoms with van der Waals surface area (Å²) in [5.41, 5.74) is 1.36. The Balaban J connectivity index is 2.27. The molecule has 1 aromatic carbocycles. The number of ether oxygens (including phenoxy) is 2. The van der Waals surface area contributed by atoms with E-state index in [0.29, 0.717) is 19.8 Å². The lowest BCUT2D eigenvalue weighted by Crippen LogP contribution is -2.35. The monoisotopic (exact) mass is 267 g/mol. The van der Waals surface area contributed by atoms with Gasteiger partial charge in [-0.2, -0.15) is 0 Å². The third-order valence-electron chi connectivity index (χ3n) is 2.48. The van der Waals surface area contributed by atoms with Gasteiger partial charge in [0.1, 0.15) is 12.4 Å². The van der Waals surface area contributed by atoms with Crippen molar-refractivity contribution in [1.82, 2.24) is 5.32 Å². The van der Waals surface area contributed by atoms with Gasteiger partial charge in [-0.15, -0.1) is 0 Å². The van der Waals surface area contributed by atoms with E-state index >= 15 is 0 Å². The van der Waals surface area contributed by atoms with Crippen molar-refractivity contribution in [3.05, 3.63) is 29.8 Å². The van der Waals surface area contributed by atoms with Gasteiger partial charge in [0.2, 0.25) is 0 Å². The van der Waals surface area contributed by atoms with Gasteiger partial charge in [0.15, 0.2) is 0 Å². The first-order chi connectivity index (χ1) is 9.01. The van der Waals surface area contributed by atoms with Crippen LogP contribution in [0.1, 0.15) is 26.3 Å². The number of aliphatic hydroxyl groups excluding tert-OH is 1. The second-order valence-corrected chi connectivity index (χ2v) is 5.43. The van der Waals surface area contributed by atoms with Gasteiger partial charge in [-0.05, 0) is 38.5 Å². The number of hydrogen-bond donors (Lipinski definition) is 2. The van der Waals surface area contributed by atoms with Crippen molar-refractivity contribution in [3.63, 3.8) is 0 Å². The van der Waals surface area contributed by atoms with Gasteiger partial charge < -0.3 is 19.9 Å². The SMILES string of the molecule is CC(C)(C)NCc1ccc(OCCOCCO)cc1. The van der Waals surface area contributed by atoms with Crippen molar-refractivity contribution in [2.24, 2.45) is 0 Å². The smallest absolute Gasteiger partial charge is 0.119 e. The van der Waals surface area contributed by atoms with E-state index in [2.05, 4.69) is 38.2 Å². The van der Waals surface area contributed by atoms with Crippen molar-refractivity contribution in [2.45, 2.75) is 32.9 Å². The second-order valence-electron chi connectivity index (χ2n) is 5.43. The van der Waals surface area contributed by atoms with Crippen LogP contribution in [0.15, 0.2) is 24.3 Å². The van der Waals surface area contributed by atoms with Crippen LogP contribution < -0.4 is 10.1 Å². The lowest BCUT2D eigenvalue weighted by atomic mass is 10.1. The zero-order valence-corrected chi connectivity index (χ0v) is 12.1. The average molecular weight is 267 g/mol.